The van der Waals surface area contributed by atoms with Crippen molar-refractivity contribution in [2.75, 3.05) is 11.4 Å². The lowest BCUT2D eigenvalue weighted by Gasteiger charge is -2.16. The maximum absolute atomic E-state index is 13.8. The maximum Gasteiger partial charge on any atom is 0.233 e. The third-order valence-corrected chi connectivity index (χ3v) is 4.28. The molecule has 1 aliphatic heterocycles. The van der Waals surface area contributed by atoms with E-state index in [0.717, 1.165) is 29.8 Å². The lowest BCUT2D eigenvalue weighted by Crippen LogP contribution is -2.30. The van der Waals surface area contributed by atoms with Gasteiger partial charge < -0.3 is 9.42 Å². The molecule has 1 aliphatic rings. The maximum atomic E-state index is 13.8. The van der Waals surface area contributed by atoms with Gasteiger partial charge >= 0.3 is 0 Å². The largest absolute Gasteiger partial charge is 0.356 e. The quantitative estimate of drug-likeness (QED) is 0.729. The normalized spacial score (nSPS) is 13.1. The van der Waals surface area contributed by atoms with Crippen LogP contribution in [0.2, 0.25) is 0 Å². The number of carbonyl (C=O) groups is 1. The lowest BCUT2D eigenvalue weighted by molar-refractivity contribution is -0.118. The van der Waals surface area contributed by atoms with Gasteiger partial charge in [0.2, 0.25) is 5.91 Å². The predicted octanol–water partition coefficient (Wildman–Crippen LogP) is 3.75. The van der Waals surface area contributed by atoms with E-state index in [1.807, 2.05) is 24.3 Å². The van der Waals surface area contributed by atoms with Crippen LogP contribution in [0.1, 0.15) is 11.3 Å². The molecule has 0 saturated heterocycles. The molecule has 0 saturated carbocycles. The van der Waals surface area contributed by atoms with Crippen LogP contribution in [0, 0.1) is 11.6 Å². The molecule has 0 bridgehead atoms. The zero-order valence-corrected chi connectivity index (χ0v) is 13.2. The van der Waals surface area contributed by atoms with E-state index in [-0.39, 0.29) is 23.7 Å². The lowest BCUT2D eigenvalue weighted by atomic mass is 10.1. The Bertz CT molecular complexity index is 952. The Balaban J connectivity index is 1.53. The molecule has 0 unspecified atom stereocenters. The van der Waals surface area contributed by atoms with Crippen LogP contribution in [0.5, 0.6) is 0 Å². The van der Waals surface area contributed by atoms with E-state index >= 15 is 0 Å². The van der Waals surface area contributed by atoms with Crippen molar-refractivity contribution in [2.45, 2.75) is 12.8 Å². The van der Waals surface area contributed by atoms with Gasteiger partial charge in [-0.2, -0.15) is 0 Å². The molecular weight excluding hydrogens is 326 g/mol. The summed E-state index contributed by atoms with van der Waals surface area (Å²) in [5, 5.41) is 3.84. The van der Waals surface area contributed by atoms with Gasteiger partial charge in [-0.25, -0.2) is 8.78 Å². The van der Waals surface area contributed by atoms with Crippen molar-refractivity contribution in [1.29, 1.82) is 0 Å². The summed E-state index contributed by atoms with van der Waals surface area (Å²) in [6, 6.07) is 12.5. The first-order valence-corrected chi connectivity index (χ1v) is 7.91. The zero-order valence-electron chi connectivity index (χ0n) is 13.2. The van der Waals surface area contributed by atoms with Crippen LogP contribution in [0.15, 0.2) is 53.1 Å². The zero-order chi connectivity index (χ0) is 17.4. The molecule has 0 radical (unpaired) electrons. The second-order valence-electron chi connectivity index (χ2n) is 5.91. The van der Waals surface area contributed by atoms with Gasteiger partial charge in [0.05, 0.1) is 17.7 Å². The number of aromatic nitrogens is 1. The molecule has 6 heteroatoms. The number of hydrogen-bond acceptors (Lipinski definition) is 3. The van der Waals surface area contributed by atoms with E-state index in [4.69, 9.17) is 4.52 Å². The number of nitrogens with zero attached hydrogens (tertiary/aromatic N) is 2. The standard InChI is InChI=1S/C19H14F2N2O2/c20-13-5-6-15(16(21)9-13)18-10-14(22-25-18)11-19(24)23-8-7-12-3-1-2-4-17(12)23/h1-6,9-10H,7-8,11H2. The summed E-state index contributed by atoms with van der Waals surface area (Å²) in [4.78, 5) is 14.3. The highest BCUT2D eigenvalue weighted by Gasteiger charge is 2.25. The molecule has 4 rings (SSSR count). The van der Waals surface area contributed by atoms with Crippen molar-refractivity contribution < 1.29 is 18.1 Å². The van der Waals surface area contributed by atoms with E-state index in [0.29, 0.717) is 12.2 Å². The average Bonchev–Trinajstić information content (AvgIpc) is 3.21. The molecular formula is C19H14F2N2O2. The van der Waals surface area contributed by atoms with Crippen LogP contribution in [0.3, 0.4) is 0 Å². The van der Waals surface area contributed by atoms with E-state index in [1.165, 1.54) is 12.1 Å². The third-order valence-electron chi connectivity index (χ3n) is 4.28. The number of halogens is 2. The molecule has 0 fully saturated rings. The van der Waals surface area contributed by atoms with Crippen LogP contribution >= 0.6 is 0 Å². The summed E-state index contributed by atoms with van der Waals surface area (Å²) in [5.74, 6) is -1.32. The smallest absolute Gasteiger partial charge is 0.233 e. The molecule has 0 N–H and O–H groups in total. The fraction of sp³-hybridized carbons (Fsp3) is 0.158. The Morgan fingerprint density at radius 2 is 2.00 bits per heavy atom. The minimum absolute atomic E-state index is 0.0562. The molecule has 1 aromatic heterocycles. The highest BCUT2D eigenvalue weighted by Crippen LogP contribution is 2.29. The monoisotopic (exact) mass is 340 g/mol. The first-order chi connectivity index (χ1) is 12.1. The molecule has 25 heavy (non-hydrogen) atoms. The van der Waals surface area contributed by atoms with Gasteiger partial charge in [0.1, 0.15) is 11.6 Å². The van der Waals surface area contributed by atoms with Crippen molar-refractivity contribution in [3.63, 3.8) is 0 Å². The number of anilines is 1. The van der Waals surface area contributed by atoms with Crippen LogP contribution in [-0.4, -0.2) is 17.6 Å². The van der Waals surface area contributed by atoms with Gasteiger partial charge in [0.15, 0.2) is 5.76 Å². The highest BCUT2D eigenvalue weighted by atomic mass is 19.1. The number of hydrogen-bond donors (Lipinski definition) is 0. The van der Waals surface area contributed by atoms with Crippen LogP contribution in [0.4, 0.5) is 14.5 Å². The summed E-state index contributed by atoms with van der Waals surface area (Å²) in [5.41, 5.74) is 2.58. The van der Waals surface area contributed by atoms with E-state index < -0.39 is 11.6 Å². The van der Waals surface area contributed by atoms with E-state index in [2.05, 4.69) is 5.16 Å². The van der Waals surface area contributed by atoms with E-state index in [9.17, 15) is 13.6 Å². The molecule has 0 aliphatic carbocycles. The first-order valence-electron chi connectivity index (χ1n) is 7.91. The Labute approximate surface area is 142 Å². The Morgan fingerprint density at radius 3 is 2.84 bits per heavy atom. The van der Waals surface area contributed by atoms with Crippen LogP contribution in [0.25, 0.3) is 11.3 Å². The first kappa shape index (κ1) is 15.5. The summed E-state index contributed by atoms with van der Waals surface area (Å²) in [6.07, 6.45) is 0.882. The summed E-state index contributed by atoms with van der Waals surface area (Å²) in [7, 11) is 0. The summed E-state index contributed by atoms with van der Waals surface area (Å²) in [6.45, 7) is 0.634. The molecule has 1 amide bonds. The summed E-state index contributed by atoms with van der Waals surface area (Å²) < 4.78 is 31.9. The average molecular weight is 340 g/mol. The van der Waals surface area contributed by atoms with Crippen molar-refractivity contribution in [3.05, 3.63) is 71.4 Å². The number of fused-ring (bicyclic) bond motifs is 1. The second-order valence-corrected chi connectivity index (χ2v) is 5.91. The Morgan fingerprint density at radius 1 is 1.16 bits per heavy atom. The molecule has 3 aromatic rings. The molecule has 0 atom stereocenters. The van der Waals surface area contributed by atoms with Gasteiger partial charge in [-0.15, -0.1) is 0 Å². The highest BCUT2D eigenvalue weighted by molar-refractivity contribution is 5.96. The van der Waals surface area contributed by atoms with Crippen LogP contribution < -0.4 is 4.90 Å². The minimum atomic E-state index is -0.734. The molecule has 0 spiro atoms. The van der Waals surface area contributed by atoms with Crippen molar-refractivity contribution in [2.24, 2.45) is 0 Å². The fourth-order valence-electron chi connectivity index (χ4n) is 3.06. The molecule has 126 valence electrons. The van der Waals surface area contributed by atoms with Gasteiger partial charge in [-0.1, -0.05) is 23.4 Å². The number of carbonyl (C=O) groups excluding carboxylic acids is 1. The minimum Gasteiger partial charge on any atom is -0.356 e. The van der Waals surface area contributed by atoms with Gasteiger partial charge in [-0.05, 0) is 30.2 Å². The van der Waals surface area contributed by atoms with E-state index in [1.54, 1.807) is 4.90 Å². The van der Waals surface area contributed by atoms with Crippen molar-refractivity contribution >= 4 is 11.6 Å². The molecule has 4 nitrogen and oxygen atoms in total. The van der Waals surface area contributed by atoms with Gasteiger partial charge in [0.25, 0.3) is 0 Å². The topological polar surface area (TPSA) is 46.3 Å². The molecule has 2 heterocycles. The number of amides is 1. The predicted molar refractivity (Wildman–Crippen MR) is 88.1 cm³/mol. The Kier molecular flexibility index (Phi) is 3.80. The Hall–Kier alpha value is -3.02. The van der Waals surface area contributed by atoms with Crippen molar-refractivity contribution in [3.8, 4) is 11.3 Å². The van der Waals surface area contributed by atoms with Crippen LogP contribution in [-0.2, 0) is 17.6 Å². The third kappa shape index (κ3) is 2.91. The number of para-hydroxylation sites is 1. The second kappa shape index (κ2) is 6.12. The van der Waals surface area contributed by atoms with Gasteiger partial charge in [0, 0.05) is 24.4 Å². The summed E-state index contributed by atoms with van der Waals surface area (Å²) >= 11 is 0. The fourth-order valence-corrected chi connectivity index (χ4v) is 3.06. The number of benzene rings is 2. The number of rotatable bonds is 3. The van der Waals surface area contributed by atoms with Crippen molar-refractivity contribution in [1.82, 2.24) is 5.16 Å². The SMILES string of the molecule is O=C(Cc1cc(-c2ccc(F)cc2F)on1)N1CCc2ccccc21. The van der Waals surface area contributed by atoms with Gasteiger partial charge in [-0.3, -0.25) is 4.79 Å². The molecule has 2 aromatic carbocycles.